The number of hydrogen-bond acceptors (Lipinski definition) is 1. The molecule has 0 amide bonds. The number of hydrogen-bond donors (Lipinski definition) is 1. The molecule has 3 aliphatic rings. The number of alkyl halides is 3. The molecule has 3 fully saturated rings. The van der Waals surface area contributed by atoms with Gasteiger partial charge >= 0.3 is 6.18 Å². The first kappa shape index (κ1) is 12.7. The Hall–Kier alpha value is -1.03. The third kappa shape index (κ3) is 1.73. The van der Waals surface area contributed by atoms with Crippen molar-refractivity contribution in [3.05, 3.63) is 35.4 Å². The second-order valence-electron chi connectivity index (χ2n) is 6.63. The Balaban J connectivity index is 1.51. The van der Waals surface area contributed by atoms with Gasteiger partial charge < -0.3 is 5.11 Å². The fourth-order valence-corrected chi connectivity index (χ4v) is 4.91. The zero-order valence-electron chi connectivity index (χ0n) is 11.0. The summed E-state index contributed by atoms with van der Waals surface area (Å²) in [6, 6.07) is 5.02. The number of aliphatic hydroxyl groups is 1. The van der Waals surface area contributed by atoms with Crippen molar-refractivity contribution in [2.24, 2.45) is 29.6 Å². The van der Waals surface area contributed by atoms with Gasteiger partial charge in [-0.2, -0.15) is 13.2 Å². The van der Waals surface area contributed by atoms with Gasteiger partial charge in [-0.1, -0.05) is 12.1 Å². The summed E-state index contributed by atoms with van der Waals surface area (Å²) in [6.45, 7) is 0. The zero-order chi connectivity index (χ0) is 14.1. The van der Waals surface area contributed by atoms with E-state index in [4.69, 9.17) is 0 Å². The zero-order valence-corrected chi connectivity index (χ0v) is 11.0. The van der Waals surface area contributed by atoms with Gasteiger partial charge in [-0.05, 0) is 66.5 Å². The van der Waals surface area contributed by atoms with E-state index in [1.54, 1.807) is 0 Å². The highest BCUT2D eigenvalue weighted by molar-refractivity contribution is 5.29. The van der Waals surface area contributed by atoms with Gasteiger partial charge in [-0.3, -0.25) is 0 Å². The second-order valence-corrected chi connectivity index (χ2v) is 6.63. The van der Waals surface area contributed by atoms with Crippen molar-refractivity contribution in [3.63, 3.8) is 0 Å². The Labute approximate surface area is 115 Å². The fraction of sp³-hybridized carbons (Fsp3) is 0.625. The molecule has 4 rings (SSSR count). The quantitative estimate of drug-likeness (QED) is 0.868. The molecule has 3 saturated carbocycles. The minimum atomic E-state index is -4.31. The van der Waals surface area contributed by atoms with Crippen molar-refractivity contribution >= 4 is 0 Å². The Morgan fingerprint density at radius 2 is 1.55 bits per heavy atom. The van der Waals surface area contributed by atoms with Crippen molar-refractivity contribution in [1.82, 2.24) is 0 Å². The third-order valence-electron chi connectivity index (χ3n) is 5.74. The predicted molar refractivity (Wildman–Crippen MR) is 67.7 cm³/mol. The van der Waals surface area contributed by atoms with Crippen LogP contribution in [0.3, 0.4) is 0 Å². The SMILES string of the molecule is OC(c1ccc(C(F)(F)F)cc1)C1C2C3CCC(C3)C21. The molecule has 5 atom stereocenters. The number of fused-ring (bicyclic) bond motifs is 5. The van der Waals surface area contributed by atoms with Crippen LogP contribution in [0.2, 0.25) is 0 Å². The summed E-state index contributed by atoms with van der Waals surface area (Å²) in [5.74, 6) is 3.08. The Kier molecular flexibility index (Phi) is 2.54. The minimum absolute atomic E-state index is 0.290. The highest BCUT2D eigenvalue weighted by atomic mass is 19.4. The van der Waals surface area contributed by atoms with Gasteiger partial charge in [0.05, 0.1) is 11.7 Å². The minimum Gasteiger partial charge on any atom is -0.388 e. The van der Waals surface area contributed by atoms with Gasteiger partial charge in [0.25, 0.3) is 0 Å². The summed E-state index contributed by atoms with van der Waals surface area (Å²) in [5, 5.41) is 10.4. The standard InChI is InChI=1S/C16H17F3O/c17-16(18,19)11-5-3-8(4-6-11)15(20)14-12-9-1-2-10(7-9)13(12)14/h3-6,9-10,12-15,20H,1-2,7H2. The van der Waals surface area contributed by atoms with Crippen molar-refractivity contribution in [2.75, 3.05) is 0 Å². The molecule has 5 unspecified atom stereocenters. The van der Waals surface area contributed by atoms with E-state index in [1.807, 2.05) is 0 Å². The van der Waals surface area contributed by atoms with E-state index in [9.17, 15) is 18.3 Å². The molecule has 108 valence electrons. The van der Waals surface area contributed by atoms with Crippen LogP contribution in [0.5, 0.6) is 0 Å². The van der Waals surface area contributed by atoms with Crippen molar-refractivity contribution in [3.8, 4) is 0 Å². The van der Waals surface area contributed by atoms with Crippen LogP contribution < -0.4 is 0 Å². The summed E-state index contributed by atoms with van der Waals surface area (Å²) in [4.78, 5) is 0. The molecule has 0 spiro atoms. The maximum Gasteiger partial charge on any atom is 0.416 e. The Bertz CT molecular complexity index is 506. The summed E-state index contributed by atoms with van der Waals surface area (Å²) < 4.78 is 37.6. The molecule has 1 nitrogen and oxygen atoms in total. The lowest BCUT2D eigenvalue weighted by atomic mass is 9.94. The van der Waals surface area contributed by atoms with Crippen molar-refractivity contribution in [1.29, 1.82) is 0 Å². The maximum absolute atomic E-state index is 12.5. The Morgan fingerprint density at radius 3 is 2.05 bits per heavy atom. The molecule has 1 aromatic carbocycles. The van der Waals surface area contributed by atoms with E-state index in [-0.39, 0.29) is 5.92 Å². The molecule has 0 heterocycles. The van der Waals surface area contributed by atoms with Crippen molar-refractivity contribution < 1.29 is 18.3 Å². The molecule has 1 aromatic rings. The lowest BCUT2D eigenvalue weighted by molar-refractivity contribution is -0.137. The number of benzene rings is 1. The molecule has 4 heteroatoms. The molecule has 3 aliphatic carbocycles. The molecule has 0 radical (unpaired) electrons. The van der Waals surface area contributed by atoms with Gasteiger partial charge in [0.1, 0.15) is 0 Å². The van der Waals surface area contributed by atoms with Gasteiger partial charge in [0.2, 0.25) is 0 Å². The van der Waals surface area contributed by atoms with E-state index in [0.29, 0.717) is 17.4 Å². The van der Waals surface area contributed by atoms with Crippen LogP contribution in [0.4, 0.5) is 13.2 Å². The first-order valence-electron chi connectivity index (χ1n) is 7.32. The van der Waals surface area contributed by atoms with Crippen LogP contribution in [-0.2, 0) is 6.18 Å². The van der Waals surface area contributed by atoms with E-state index in [0.717, 1.165) is 24.0 Å². The lowest BCUT2D eigenvalue weighted by Gasteiger charge is -2.16. The summed E-state index contributed by atoms with van der Waals surface area (Å²) in [7, 11) is 0. The van der Waals surface area contributed by atoms with Gasteiger partial charge in [-0.25, -0.2) is 0 Å². The molecule has 0 saturated heterocycles. The predicted octanol–water partition coefficient (Wildman–Crippen LogP) is 4.03. The highest BCUT2D eigenvalue weighted by Gasteiger charge is 2.66. The monoisotopic (exact) mass is 282 g/mol. The van der Waals surface area contributed by atoms with Gasteiger partial charge in [0.15, 0.2) is 0 Å². The molecular formula is C16H17F3O. The van der Waals surface area contributed by atoms with Crippen LogP contribution in [0.1, 0.15) is 36.5 Å². The first-order chi connectivity index (χ1) is 9.47. The molecule has 1 N–H and O–H groups in total. The van der Waals surface area contributed by atoms with E-state index in [2.05, 4.69) is 0 Å². The summed E-state index contributed by atoms with van der Waals surface area (Å²) in [6.07, 6.45) is -1.02. The van der Waals surface area contributed by atoms with Crippen LogP contribution in [0, 0.1) is 29.6 Å². The van der Waals surface area contributed by atoms with Crippen LogP contribution >= 0.6 is 0 Å². The average Bonchev–Trinajstić information content (AvgIpc) is 2.84. The highest BCUT2D eigenvalue weighted by Crippen LogP contribution is 2.72. The second kappa shape index (κ2) is 4.00. The molecular weight excluding hydrogens is 265 g/mol. The first-order valence-corrected chi connectivity index (χ1v) is 7.32. The molecule has 20 heavy (non-hydrogen) atoms. The molecule has 2 bridgehead atoms. The Morgan fingerprint density at radius 1 is 1.00 bits per heavy atom. The van der Waals surface area contributed by atoms with Gasteiger partial charge in [0, 0.05) is 0 Å². The van der Waals surface area contributed by atoms with E-state index >= 15 is 0 Å². The fourth-order valence-electron chi connectivity index (χ4n) is 4.91. The lowest BCUT2D eigenvalue weighted by Crippen LogP contribution is -2.09. The smallest absolute Gasteiger partial charge is 0.388 e. The molecule has 0 aromatic heterocycles. The number of rotatable bonds is 2. The molecule has 0 aliphatic heterocycles. The number of halogens is 3. The normalized spacial score (nSPS) is 39.7. The summed E-state index contributed by atoms with van der Waals surface area (Å²) in [5.41, 5.74) is -0.0127. The summed E-state index contributed by atoms with van der Waals surface area (Å²) >= 11 is 0. The van der Waals surface area contributed by atoms with Crippen LogP contribution in [0.15, 0.2) is 24.3 Å². The van der Waals surface area contributed by atoms with Gasteiger partial charge in [-0.15, -0.1) is 0 Å². The van der Waals surface area contributed by atoms with Crippen LogP contribution in [0.25, 0.3) is 0 Å². The van der Waals surface area contributed by atoms with E-state index in [1.165, 1.54) is 31.4 Å². The van der Waals surface area contributed by atoms with Crippen LogP contribution in [-0.4, -0.2) is 5.11 Å². The average molecular weight is 282 g/mol. The topological polar surface area (TPSA) is 20.2 Å². The van der Waals surface area contributed by atoms with E-state index < -0.39 is 17.8 Å². The largest absolute Gasteiger partial charge is 0.416 e. The maximum atomic E-state index is 12.5. The number of aliphatic hydroxyl groups excluding tert-OH is 1. The van der Waals surface area contributed by atoms with Crippen molar-refractivity contribution in [2.45, 2.75) is 31.5 Å². The third-order valence-corrected chi connectivity index (χ3v) is 5.74.